The van der Waals surface area contributed by atoms with E-state index in [9.17, 15) is 13.2 Å². The highest BCUT2D eigenvalue weighted by Crippen LogP contribution is 2.14. The molecule has 23 heavy (non-hydrogen) atoms. The van der Waals surface area contributed by atoms with Crippen molar-refractivity contribution in [3.05, 3.63) is 71.8 Å². The number of nitrogens with zero attached hydrogens (tertiary/aromatic N) is 1. The minimum atomic E-state index is -3.42. The zero-order valence-corrected chi connectivity index (χ0v) is 14.2. The van der Waals surface area contributed by atoms with Gasteiger partial charge in [-0.1, -0.05) is 60.7 Å². The summed E-state index contributed by atoms with van der Waals surface area (Å²) in [6.45, 7) is 2.21. The molecule has 0 aliphatic heterocycles. The predicted octanol–water partition coefficient (Wildman–Crippen LogP) is 2.65. The van der Waals surface area contributed by atoms with Crippen LogP contribution in [0.15, 0.2) is 60.7 Å². The largest absolute Gasteiger partial charge is 0.333 e. The lowest BCUT2D eigenvalue weighted by molar-refractivity contribution is -0.131. The van der Waals surface area contributed by atoms with E-state index in [0.717, 1.165) is 17.4 Å². The Bertz CT molecular complexity index is 701. The summed E-state index contributed by atoms with van der Waals surface area (Å²) in [7, 11) is -3.42. The van der Waals surface area contributed by atoms with Gasteiger partial charge in [-0.25, -0.2) is 8.42 Å². The summed E-state index contributed by atoms with van der Waals surface area (Å²) in [5.41, 5.74) is 1.94. The van der Waals surface area contributed by atoms with E-state index >= 15 is 0 Å². The normalized spacial score (nSPS) is 12.6. The summed E-state index contributed by atoms with van der Waals surface area (Å²) in [5.74, 6) is -0.375. The van der Waals surface area contributed by atoms with Gasteiger partial charge >= 0.3 is 0 Å². The van der Waals surface area contributed by atoms with Gasteiger partial charge in [-0.2, -0.15) is 0 Å². The van der Waals surface area contributed by atoms with Crippen LogP contribution in [0.25, 0.3) is 0 Å². The molecule has 0 aromatic heterocycles. The van der Waals surface area contributed by atoms with E-state index in [4.69, 9.17) is 0 Å². The summed E-state index contributed by atoms with van der Waals surface area (Å²) in [6, 6.07) is 19.1. The number of hydrogen-bond donors (Lipinski definition) is 0. The average Bonchev–Trinajstić information content (AvgIpc) is 2.54. The Kier molecular flexibility index (Phi) is 5.55. The molecule has 0 unspecified atom stereocenters. The quantitative estimate of drug-likeness (QED) is 0.818. The summed E-state index contributed by atoms with van der Waals surface area (Å²) in [5, 5.41) is -1.05. The van der Waals surface area contributed by atoms with E-state index in [-0.39, 0.29) is 5.91 Å². The van der Waals surface area contributed by atoms with Crippen LogP contribution in [-0.4, -0.2) is 30.7 Å². The number of carbonyl (C=O) groups excluding carboxylic acids is 1. The van der Waals surface area contributed by atoms with Gasteiger partial charge in [-0.3, -0.25) is 4.79 Å². The Hall–Kier alpha value is -2.14. The molecule has 5 heteroatoms. The van der Waals surface area contributed by atoms with Crippen LogP contribution in [0, 0.1) is 0 Å². The standard InChI is InChI=1S/C18H21NO3S/c1-15(23(2,21)22)18(20)19(13-16-9-5-3-6-10-16)14-17-11-7-4-8-12-17/h3-12,15H,13-14H2,1-2H3/t15-/m1/s1. The molecule has 0 spiro atoms. The Morgan fingerprint density at radius 1 is 0.913 bits per heavy atom. The molecule has 0 saturated carbocycles. The Balaban J connectivity index is 2.25. The zero-order chi connectivity index (χ0) is 16.9. The van der Waals surface area contributed by atoms with Gasteiger partial charge in [0.05, 0.1) is 0 Å². The molecule has 0 bridgehead atoms. The maximum Gasteiger partial charge on any atom is 0.241 e. The van der Waals surface area contributed by atoms with Gasteiger partial charge in [0.2, 0.25) is 5.91 Å². The van der Waals surface area contributed by atoms with Crippen molar-refractivity contribution in [2.75, 3.05) is 6.26 Å². The first-order valence-electron chi connectivity index (χ1n) is 7.43. The maximum absolute atomic E-state index is 12.6. The molecular formula is C18H21NO3S. The van der Waals surface area contributed by atoms with Crippen LogP contribution >= 0.6 is 0 Å². The molecule has 2 aromatic rings. The lowest BCUT2D eigenvalue weighted by Gasteiger charge is -2.25. The summed E-state index contributed by atoms with van der Waals surface area (Å²) in [6.07, 6.45) is 1.10. The van der Waals surface area contributed by atoms with E-state index in [2.05, 4.69) is 0 Å². The van der Waals surface area contributed by atoms with Crippen LogP contribution in [0.5, 0.6) is 0 Å². The summed E-state index contributed by atoms with van der Waals surface area (Å²) >= 11 is 0. The molecule has 0 aliphatic rings. The fourth-order valence-electron chi connectivity index (χ4n) is 2.26. The number of carbonyl (C=O) groups is 1. The molecule has 4 nitrogen and oxygen atoms in total. The van der Waals surface area contributed by atoms with Crippen molar-refractivity contribution in [2.24, 2.45) is 0 Å². The van der Waals surface area contributed by atoms with Gasteiger partial charge in [-0.15, -0.1) is 0 Å². The van der Waals surface area contributed by atoms with E-state index in [1.807, 2.05) is 60.7 Å². The Labute approximate surface area is 137 Å². The van der Waals surface area contributed by atoms with E-state index in [1.165, 1.54) is 6.92 Å². The molecule has 122 valence electrons. The van der Waals surface area contributed by atoms with Crippen molar-refractivity contribution >= 4 is 15.7 Å². The van der Waals surface area contributed by atoms with E-state index < -0.39 is 15.1 Å². The molecule has 0 N–H and O–H groups in total. The first kappa shape index (κ1) is 17.2. The monoisotopic (exact) mass is 331 g/mol. The third-order valence-electron chi connectivity index (χ3n) is 3.73. The van der Waals surface area contributed by atoms with Gasteiger partial charge in [0.15, 0.2) is 9.84 Å². The number of amides is 1. The van der Waals surface area contributed by atoms with Crippen LogP contribution in [0.2, 0.25) is 0 Å². The third kappa shape index (κ3) is 4.93. The Morgan fingerprint density at radius 2 is 1.30 bits per heavy atom. The minimum Gasteiger partial charge on any atom is -0.333 e. The van der Waals surface area contributed by atoms with Crippen molar-refractivity contribution in [1.82, 2.24) is 4.90 Å². The van der Waals surface area contributed by atoms with Crippen molar-refractivity contribution < 1.29 is 13.2 Å². The van der Waals surface area contributed by atoms with Crippen LogP contribution in [0.1, 0.15) is 18.1 Å². The topological polar surface area (TPSA) is 54.5 Å². The second-order valence-corrected chi connectivity index (χ2v) is 8.00. The smallest absolute Gasteiger partial charge is 0.241 e. The second-order valence-electron chi connectivity index (χ2n) is 5.64. The van der Waals surface area contributed by atoms with Gasteiger partial charge in [0, 0.05) is 19.3 Å². The molecule has 0 radical (unpaired) electrons. The van der Waals surface area contributed by atoms with Crippen LogP contribution in [0.3, 0.4) is 0 Å². The van der Waals surface area contributed by atoms with Crippen molar-refractivity contribution in [3.63, 3.8) is 0 Å². The van der Waals surface area contributed by atoms with Crippen molar-refractivity contribution in [1.29, 1.82) is 0 Å². The number of benzene rings is 2. The lowest BCUT2D eigenvalue weighted by atomic mass is 10.1. The van der Waals surface area contributed by atoms with E-state index in [0.29, 0.717) is 13.1 Å². The fourth-order valence-corrected chi connectivity index (χ4v) is 2.77. The first-order valence-corrected chi connectivity index (χ1v) is 9.39. The van der Waals surface area contributed by atoms with Crippen LogP contribution in [0.4, 0.5) is 0 Å². The lowest BCUT2D eigenvalue weighted by Crippen LogP contribution is -2.40. The molecule has 2 rings (SSSR count). The zero-order valence-electron chi connectivity index (χ0n) is 13.3. The minimum absolute atomic E-state index is 0.375. The molecular weight excluding hydrogens is 310 g/mol. The van der Waals surface area contributed by atoms with Crippen molar-refractivity contribution in [2.45, 2.75) is 25.3 Å². The van der Waals surface area contributed by atoms with Gasteiger partial charge in [-0.05, 0) is 18.1 Å². The van der Waals surface area contributed by atoms with Gasteiger partial charge in [0.1, 0.15) is 5.25 Å². The first-order chi connectivity index (χ1) is 10.9. The van der Waals surface area contributed by atoms with E-state index in [1.54, 1.807) is 4.90 Å². The predicted molar refractivity (Wildman–Crippen MR) is 91.4 cm³/mol. The number of sulfone groups is 1. The molecule has 0 heterocycles. The Morgan fingerprint density at radius 3 is 1.65 bits per heavy atom. The highest BCUT2D eigenvalue weighted by atomic mass is 32.2. The number of rotatable bonds is 6. The average molecular weight is 331 g/mol. The van der Waals surface area contributed by atoms with Crippen molar-refractivity contribution in [3.8, 4) is 0 Å². The van der Waals surface area contributed by atoms with Gasteiger partial charge < -0.3 is 4.90 Å². The fraction of sp³-hybridized carbons (Fsp3) is 0.278. The molecule has 1 amide bonds. The number of hydrogen-bond acceptors (Lipinski definition) is 3. The third-order valence-corrected chi connectivity index (χ3v) is 5.22. The van der Waals surface area contributed by atoms with Crippen LogP contribution in [-0.2, 0) is 27.7 Å². The van der Waals surface area contributed by atoms with Crippen LogP contribution < -0.4 is 0 Å². The highest BCUT2D eigenvalue weighted by Gasteiger charge is 2.28. The molecule has 0 saturated heterocycles. The molecule has 0 fully saturated rings. The maximum atomic E-state index is 12.6. The molecule has 2 aromatic carbocycles. The highest BCUT2D eigenvalue weighted by molar-refractivity contribution is 7.92. The summed E-state index contributed by atoms with van der Waals surface area (Å²) in [4.78, 5) is 14.2. The molecule has 1 atom stereocenters. The summed E-state index contributed by atoms with van der Waals surface area (Å²) < 4.78 is 23.5. The molecule has 0 aliphatic carbocycles. The second kappa shape index (κ2) is 7.42. The SMILES string of the molecule is C[C@H](C(=O)N(Cc1ccccc1)Cc1ccccc1)S(C)(=O)=O. The van der Waals surface area contributed by atoms with Gasteiger partial charge in [0.25, 0.3) is 0 Å².